The first-order valence-electron chi connectivity index (χ1n) is 7.53. The molecule has 1 atom stereocenters. The van der Waals surface area contributed by atoms with Crippen LogP contribution in [0.2, 0.25) is 0 Å². The first-order chi connectivity index (χ1) is 10.2. The predicted molar refractivity (Wildman–Crippen MR) is 90.2 cm³/mol. The molecule has 21 heavy (non-hydrogen) atoms. The zero-order valence-corrected chi connectivity index (χ0v) is 13.6. The summed E-state index contributed by atoms with van der Waals surface area (Å²) in [4.78, 5) is 1.37. The van der Waals surface area contributed by atoms with Gasteiger partial charge in [0.1, 0.15) is 17.4 Å². The van der Waals surface area contributed by atoms with E-state index in [4.69, 9.17) is 4.42 Å². The van der Waals surface area contributed by atoms with E-state index in [0.29, 0.717) is 0 Å². The van der Waals surface area contributed by atoms with E-state index in [1.807, 2.05) is 11.3 Å². The van der Waals surface area contributed by atoms with Crippen molar-refractivity contribution < 1.29 is 4.42 Å². The number of hydrogen-bond donors (Lipinski definition) is 1. The highest BCUT2D eigenvalue weighted by Crippen LogP contribution is 2.34. The number of benzene rings is 1. The highest BCUT2D eigenvalue weighted by Gasteiger charge is 2.21. The quantitative estimate of drug-likeness (QED) is 0.712. The fourth-order valence-corrected chi connectivity index (χ4v) is 3.87. The Bertz CT molecular complexity index is 741. The van der Waals surface area contributed by atoms with Crippen LogP contribution in [-0.4, -0.2) is 6.54 Å². The van der Waals surface area contributed by atoms with Crippen LogP contribution in [0.1, 0.15) is 41.7 Å². The fraction of sp³-hybridized carbons (Fsp3) is 0.333. The molecule has 0 aliphatic rings. The summed E-state index contributed by atoms with van der Waals surface area (Å²) in [6.07, 6.45) is 1.06. The summed E-state index contributed by atoms with van der Waals surface area (Å²) >= 11 is 1.81. The number of furan rings is 1. The van der Waals surface area contributed by atoms with E-state index in [2.05, 4.69) is 61.8 Å². The molecule has 0 saturated carbocycles. The molecular weight excluding hydrogens is 278 g/mol. The van der Waals surface area contributed by atoms with Crippen LogP contribution >= 0.6 is 11.3 Å². The monoisotopic (exact) mass is 299 g/mol. The minimum Gasteiger partial charge on any atom is -0.459 e. The molecule has 2 nitrogen and oxygen atoms in total. The Labute approximate surface area is 129 Å². The maximum atomic E-state index is 6.18. The standard InChI is InChI=1S/C18H21NOS/c1-4-13-9-10-21-18(13)16(19-5-2)15-11-14-8-6-7-12(3)17(14)20-15/h6-11,16,19H,4-5H2,1-3H3. The molecule has 1 aromatic carbocycles. The molecule has 3 heteroatoms. The minimum absolute atomic E-state index is 0.150. The van der Waals surface area contributed by atoms with E-state index in [1.165, 1.54) is 21.4 Å². The van der Waals surface area contributed by atoms with Gasteiger partial charge in [0.15, 0.2) is 0 Å². The number of hydrogen-bond acceptors (Lipinski definition) is 3. The smallest absolute Gasteiger partial charge is 0.137 e. The fourth-order valence-electron chi connectivity index (χ4n) is 2.79. The zero-order chi connectivity index (χ0) is 14.8. The predicted octanol–water partition coefficient (Wildman–Crippen LogP) is 5.06. The van der Waals surface area contributed by atoms with Gasteiger partial charge in [0.2, 0.25) is 0 Å². The van der Waals surface area contributed by atoms with Gasteiger partial charge in [-0.2, -0.15) is 0 Å². The molecule has 0 aliphatic carbocycles. The topological polar surface area (TPSA) is 25.2 Å². The van der Waals surface area contributed by atoms with Crippen molar-refractivity contribution in [1.82, 2.24) is 5.32 Å². The summed E-state index contributed by atoms with van der Waals surface area (Å²) in [5.41, 5.74) is 3.60. The molecule has 0 amide bonds. The van der Waals surface area contributed by atoms with Gasteiger partial charge in [-0.25, -0.2) is 0 Å². The number of para-hydroxylation sites is 1. The molecule has 0 aliphatic heterocycles. The van der Waals surface area contributed by atoms with Gasteiger partial charge >= 0.3 is 0 Å². The molecule has 2 heterocycles. The van der Waals surface area contributed by atoms with Crippen LogP contribution in [0.3, 0.4) is 0 Å². The first kappa shape index (κ1) is 14.4. The van der Waals surface area contributed by atoms with Crippen molar-refractivity contribution in [3.63, 3.8) is 0 Å². The van der Waals surface area contributed by atoms with E-state index in [0.717, 1.165) is 24.3 Å². The molecule has 2 aromatic heterocycles. The van der Waals surface area contributed by atoms with Gasteiger partial charge < -0.3 is 9.73 Å². The Morgan fingerprint density at radius 2 is 2.10 bits per heavy atom. The van der Waals surface area contributed by atoms with E-state index in [1.54, 1.807) is 0 Å². The van der Waals surface area contributed by atoms with Crippen molar-refractivity contribution in [2.24, 2.45) is 0 Å². The molecular formula is C18H21NOS. The average Bonchev–Trinajstić information content (AvgIpc) is 3.11. The van der Waals surface area contributed by atoms with E-state index < -0.39 is 0 Å². The summed E-state index contributed by atoms with van der Waals surface area (Å²) in [7, 11) is 0. The van der Waals surface area contributed by atoms with Crippen LogP contribution in [-0.2, 0) is 6.42 Å². The van der Waals surface area contributed by atoms with Gasteiger partial charge in [-0.1, -0.05) is 32.0 Å². The molecule has 1 unspecified atom stereocenters. The molecule has 0 radical (unpaired) electrons. The number of fused-ring (bicyclic) bond motifs is 1. The second-order valence-corrected chi connectivity index (χ2v) is 6.24. The Kier molecular flexibility index (Phi) is 4.13. The van der Waals surface area contributed by atoms with Crippen molar-refractivity contribution in [1.29, 1.82) is 0 Å². The molecule has 3 aromatic rings. The van der Waals surface area contributed by atoms with Crippen molar-refractivity contribution in [3.05, 3.63) is 57.5 Å². The molecule has 0 bridgehead atoms. The SMILES string of the molecule is CCNC(c1cc2cccc(C)c2o1)c1sccc1CC. The lowest BCUT2D eigenvalue weighted by Crippen LogP contribution is -2.21. The van der Waals surface area contributed by atoms with Crippen LogP contribution in [0.5, 0.6) is 0 Å². The Balaban J connectivity index is 2.09. The van der Waals surface area contributed by atoms with Crippen LogP contribution in [0, 0.1) is 6.92 Å². The normalized spacial score (nSPS) is 12.9. The van der Waals surface area contributed by atoms with Crippen LogP contribution in [0.25, 0.3) is 11.0 Å². The summed E-state index contributed by atoms with van der Waals surface area (Å²) < 4.78 is 6.18. The number of aryl methyl sites for hydroxylation is 2. The third-order valence-corrected chi connectivity index (χ3v) is 4.90. The van der Waals surface area contributed by atoms with E-state index in [-0.39, 0.29) is 6.04 Å². The number of thiophene rings is 1. The zero-order valence-electron chi connectivity index (χ0n) is 12.8. The van der Waals surface area contributed by atoms with Gasteiger partial charge in [-0.15, -0.1) is 11.3 Å². The van der Waals surface area contributed by atoms with Gasteiger partial charge in [0, 0.05) is 10.3 Å². The van der Waals surface area contributed by atoms with Crippen molar-refractivity contribution in [2.75, 3.05) is 6.54 Å². The Morgan fingerprint density at radius 3 is 2.81 bits per heavy atom. The van der Waals surface area contributed by atoms with Crippen LogP contribution < -0.4 is 5.32 Å². The summed E-state index contributed by atoms with van der Waals surface area (Å²) in [5, 5.41) is 6.93. The van der Waals surface area contributed by atoms with Gasteiger partial charge in [-0.05, 0) is 48.5 Å². The Hall–Kier alpha value is -1.58. The maximum absolute atomic E-state index is 6.18. The average molecular weight is 299 g/mol. The largest absolute Gasteiger partial charge is 0.459 e. The van der Waals surface area contributed by atoms with Crippen molar-refractivity contribution >= 4 is 22.3 Å². The summed E-state index contributed by atoms with van der Waals surface area (Å²) in [5.74, 6) is 1.01. The van der Waals surface area contributed by atoms with E-state index in [9.17, 15) is 0 Å². The van der Waals surface area contributed by atoms with Crippen LogP contribution in [0.15, 0.2) is 40.1 Å². The third-order valence-electron chi connectivity index (χ3n) is 3.88. The molecule has 0 spiro atoms. The van der Waals surface area contributed by atoms with E-state index >= 15 is 0 Å². The third kappa shape index (κ3) is 2.63. The van der Waals surface area contributed by atoms with Gasteiger partial charge in [0.25, 0.3) is 0 Å². The van der Waals surface area contributed by atoms with Crippen LogP contribution in [0.4, 0.5) is 0 Å². The second kappa shape index (κ2) is 6.04. The number of rotatable bonds is 5. The summed E-state index contributed by atoms with van der Waals surface area (Å²) in [6.45, 7) is 7.36. The second-order valence-electron chi connectivity index (χ2n) is 5.30. The molecule has 0 saturated heterocycles. The molecule has 1 N–H and O–H groups in total. The highest BCUT2D eigenvalue weighted by atomic mass is 32.1. The Morgan fingerprint density at radius 1 is 1.24 bits per heavy atom. The first-order valence-corrected chi connectivity index (χ1v) is 8.41. The lowest BCUT2D eigenvalue weighted by atomic mass is 10.1. The molecule has 3 rings (SSSR count). The number of nitrogens with one attached hydrogen (secondary N) is 1. The molecule has 110 valence electrons. The lowest BCUT2D eigenvalue weighted by molar-refractivity contribution is 0.478. The highest BCUT2D eigenvalue weighted by molar-refractivity contribution is 7.10. The lowest BCUT2D eigenvalue weighted by Gasteiger charge is -2.15. The van der Waals surface area contributed by atoms with Gasteiger partial charge in [0.05, 0.1) is 0 Å². The maximum Gasteiger partial charge on any atom is 0.137 e. The molecule has 0 fully saturated rings. The minimum atomic E-state index is 0.150. The van der Waals surface area contributed by atoms with Gasteiger partial charge in [-0.3, -0.25) is 0 Å². The van der Waals surface area contributed by atoms with Crippen molar-refractivity contribution in [2.45, 2.75) is 33.2 Å². The van der Waals surface area contributed by atoms with Crippen molar-refractivity contribution in [3.8, 4) is 0 Å². The summed E-state index contributed by atoms with van der Waals surface area (Å²) in [6, 6.07) is 10.8.